The molecule has 0 aromatic heterocycles. The number of carbonyl (C=O) groups excluding carboxylic acids is 2. The Labute approximate surface area is 107 Å². The molecule has 98 valence electrons. The van der Waals surface area contributed by atoms with Gasteiger partial charge >= 0.3 is 5.97 Å². The van der Waals surface area contributed by atoms with Crippen molar-refractivity contribution in [1.29, 1.82) is 0 Å². The van der Waals surface area contributed by atoms with E-state index in [0.29, 0.717) is 17.7 Å². The number of carbonyl (C=O) groups is 2. The van der Waals surface area contributed by atoms with Crippen molar-refractivity contribution in [3.8, 4) is 5.75 Å². The Bertz CT molecular complexity index is 426. The van der Waals surface area contributed by atoms with Crippen LogP contribution in [0.15, 0.2) is 24.3 Å². The first-order chi connectivity index (χ1) is 8.65. The van der Waals surface area contributed by atoms with Crippen molar-refractivity contribution in [2.75, 3.05) is 13.7 Å². The zero-order valence-electron chi connectivity index (χ0n) is 10.9. The van der Waals surface area contributed by atoms with Crippen molar-refractivity contribution in [3.63, 3.8) is 0 Å². The van der Waals surface area contributed by atoms with E-state index in [1.165, 1.54) is 7.11 Å². The Kier molecular flexibility index (Phi) is 5.36. The average Bonchev–Trinajstić information content (AvgIpc) is 2.39. The van der Waals surface area contributed by atoms with Crippen LogP contribution in [0, 0.1) is 5.92 Å². The monoisotopic (exact) mass is 250 g/mol. The maximum absolute atomic E-state index is 12.3. The summed E-state index contributed by atoms with van der Waals surface area (Å²) in [5.74, 6) is -1.02. The number of esters is 1. The number of Topliss-reactive ketones (excluding diaryl/α,β-unsaturated/α-hetero) is 1. The van der Waals surface area contributed by atoms with E-state index in [-0.39, 0.29) is 12.4 Å². The molecule has 0 heterocycles. The summed E-state index contributed by atoms with van der Waals surface area (Å²) >= 11 is 0. The van der Waals surface area contributed by atoms with Gasteiger partial charge in [-0.3, -0.25) is 9.59 Å². The van der Waals surface area contributed by atoms with Crippen LogP contribution in [-0.4, -0.2) is 25.5 Å². The smallest absolute Gasteiger partial charge is 0.316 e. The van der Waals surface area contributed by atoms with Gasteiger partial charge in [-0.25, -0.2) is 0 Å². The second kappa shape index (κ2) is 6.79. The van der Waals surface area contributed by atoms with Crippen LogP contribution in [-0.2, 0) is 9.53 Å². The molecule has 0 N–H and O–H groups in total. The number of methoxy groups -OCH3 is 1. The first kappa shape index (κ1) is 14.2. The van der Waals surface area contributed by atoms with Gasteiger partial charge in [-0.05, 0) is 25.5 Å². The van der Waals surface area contributed by atoms with Gasteiger partial charge in [0.2, 0.25) is 0 Å². The highest BCUT2D eigenvalue weighted by molar-refractivity contribution is 6.10. The summed E-state index contributed by atoms with van der Waals surface area (Å²) in [6.07, 6.45) is 0.412. The van der Waals surface area contributed by atoms with Crippen molar-refractivity contribution < 1.29 is 19.1 Å². The van der Waals surface area contributed by atoms with E-state index in [0.717, 1.165) is 0 Å². The van der Waals surface area contributed by atoms with Crippen LogP contribution in [0.25, 0.3) is 0 Å². The minimum absolute atomic E-state index is 0.256. The molecule has 1 unspecified atom stereocenters. The Morgan fingerprint density at radius 3 is 2.44 bits per heavy atom. The molecule has 0 saturated carbocycles. The minimum Gasteiger partial charge on any atom is -0.496 e. The standard InChI is InChI=1S/C14H18O4/c1-4-10(14(16)18-5-2)13(15)11-8-6-7-9-12(11)17-3/h6-10H,4-5H2,1-3H3. The normalized spacial score (nSPS) is 11.7. The lowest BCUT2D eigenvalue weighted by Gasteiger charge is -2.14. The molecule has 0 aliphatic rings. The van der Waals surface area contributed by atoms with Crippen LogP contribution in [0.4, 0.5) is 0 Å². The van der Waals surface area contributed by atoms with E-state index in [4.69, 9.17) is 9.47 Å². The maximum Gasteiger partial charge on any atom is 0.316 e. The molecule has 0 saturated heterocycles. The zero-order valence-corrected chi connectivity index (χ0v) is 10.9. The number of hydrogen-bond acceptors (Lipinski definition) is 4. The van der Waals surface area contributed by atoms with Gasteiger partial charge in [-0.15, -0.1) is 0 Å². The molecule has 18 heavy (non-hydrogen) atoms. The van der Waals surface area contributed by atoms with Crippen LogP contribution < -0.4 is 4.74 Å². The number of ketones is 1. The highest BCUT2D eigenvalue weighted by Gasteiger charge is 2.28. The molecule has 0 aliphatic carbocycles. The van der Waals surface area contributed by atoms with E-state index < -0.39 is 11.9 Å². The molecular formula is C14H18O4. The van der Waals surface area contributed by atoms with Crippen LogP contribution in [0.2, 0.25) is 0 Å². The topological polar surface area (TPSA) is 52.6 Å². The summed E-state index contributed by atoms with van der Waals surface area (Å²) in [7, 11) is 1.50. The Morgan fingerprint density at radius 2 is 1.89 bits per heavy atom. The number of benzene rings is 1. The first-order valence-electron chi connectivity index (χ1n) is 5.99. The third-order valence-corrected chi connectivity index (χ3v) is 2.67. The molecular weight excluding hydrogens is 232 g/mol. The first-order valence-corrected chi connectivity index (χ1v) is 5.99. The van der Waals surface area contributed by atoms with Crippen molar-refractivity contribution in [3.05, 3.63) is 29.8 Å². The molecule has 1 aromatic carbocycles. The molecule has 0 amide bonds. The van der Waals surface area contributed by atoms with Gasteiger partial charge in [0.05, 0.1) is 19.3 Å². The highest BCUT2D eigenvalue weighted by Crippen LogP contribution is 2.23. The van der Waals surface area contributed by atoms with Gasteiger partial charge in [0, 0.05) is 0 Å². The molecule has 1 atom stereocenters. The van der Waals surface area contributed by atoms with Crippen molar-refractivity contribution in [2.24, 2.45) is 5.92 Å². The Balaban J connectivity index is 3.00. The Morgan fingerprint density at radius 1 is 1.22 bits per heavy atom. The number of rotatable bonds is 6. The number of para-hydroxylation sites is 1. The van der Waals surface area contributed by atoms with Crippen molar-refractivity contribution >= 4 is 11.8 Å². The maximum atomic E-state index is 12.3. The Hall–Kier alpha value is -1.84. The van der Waals surface area contributed by atoms with E-state index in [1.807, 2.05) is 0 Å². The third-order valence-electron chi connectivity index (χ3n) is 2.67. The summed E-state index contributed by atoms with van der Waals surface area (Å²) in [6.45, 7) is 3.78. The number of hydrogen-bond donors (Lipinski definition) is 0. The molecule has 0 aliphatic heterocycles. The lowest BCUT2D eigenvalue weighted by molar-refractivity contribution is -0.146. The molecule has 4 nitrogen and oxygen atoms in total. The highest BCUT2D eigenvalue weighted by atomic mass is 16.5. The SMILES string of the molecule is CCOC(=O)C(CC)C(=O)c1ccccc1OC. The molecule has 0 bridgehead atoms. The van der Waals surface area contributed by atoms with Gasteiger partial charge in [-0.1, -0.05) is 19.1 Å². The van der Waals surface area contributed by atoms with E-state index in [9.17, 15) is 9.59 Å². The largest absolute Gasteiger partial charge is 0.496 e. The molecule has 4 heteroatoms. The fraction of sp³-hybridized carbons (Fsp3) is 0.429. The quantitative estimate of drug-likeness (QED) is 0.442. The van der Waals surface area contributed by atoms with Gasteiger partial charge in [0.25, 0.3) is 0 Å². The van der Waals surface area contributed by atoms with Gasteiger partial charge < -0.3 is 9.47 Å². The molecule has 0 radical (unpaired) electrons. The molecule has 1 rings (SSSR count). The van der Waals surface area contributed by atoms with E-state index >= 15 is 0 Å². The van der Waals surface area contributed by atoms with E-state index in [2.05, 4.69) is 0 Å². The predicted octanol–water partition coefficient (Wildman–Crippen LogP) is 2.47. The fourth-order valence-electron chi connectivity index (χ4n) is 1.74. The van der Waals surface area contributed by atoms with Crippen LogP contribution in [0.5, 0.6) is 5.75 Å². The second-order valence-electron chi connectivity index (χ2n) is 3.78. The molecule has 0 fully saturated rings. The van der Waals surface area contributed by atoms with Gasteiger partial charge in [-0.2, -0.15) is 0 Å². The molecule has 0 spiro atoms. The average molecular weight is 250 g/mol. The summed E-state index contributed by atoms with van der Waals surface area (Å²) in [6, 6.07) is 6.88. The van der Waals surface area contributed by atoms with Gasteiger partial charge in [0.1, 0.15) is 11.7 Å². The van der Waals surface area contributed by atoms with Crippen LogP contribution in [0.3, 0.4) is 0 Å². The zero-order chi connectivity index (χ0) is 13.5. The summed E-state index contributed by atoms with van der Waals surface area (Å²) in [5.41, 5.74) is 0.417. The van der Waals surface area contributed by atoms with E-state index in [1.54, 1.807) is 38.1 Å². The lowest BCUT2D eigenvalue weighted by Crippen LogP contribution is -2.26. The minimum atomic E-state index is -0.763. The lowest BCUT2D eigenvalue weighted by atomic mass is 9.95. The number of ether oxygens (including phenoxy) is 2. The predicted molar refractivity (Wildman–Crippen MR) is 67.7 cm³/mol. The second-order valence-corrected chi connectivity index (χ2v) is 3.78. The van der Waals surface area contributed by atoms with Crippen LogP contribution >= 0.6 is 0 Å². The third kappa shape index (κ3) is 3.09. The summed E-state index contributed by atoms with van der Waals surface area (Å²) in [5, 5.41) is 0. The summed E-state index contributed by atoms with van der Waals surface area (Å²) < 4.78 is 10.0. The molecule has 1 aromatic rings. The van der Waals surface area contributed by atoms with Crippen LogP contribution in [0.1, 0.15) is 30.6 Å². The fourth-order valence-corrected chi connectivity index (χ4v) is 1.74. The summed E-state index contributed by atoms with van der Waals surface area (Å²) in [4.78, 5) is 24.0. The van der Waals surface area contributed by atoms with Crippen molar-refractivity contribution in [2.45, 2.75) is 20.3 Å². The van der Waals surface area contributed by atoms with Gasteiger partial charge in [0.15, 0.2) is 5.78 Å². The van der Waals surface area contributed by atoms with Crippen molar-refractivity contribution in [1.82, 2.24) is 0 Å².